The van der Waals surface area contributed by atoms with E-state index in [-0.39, 0.29) is 5.95 Å². The Labute approximate surface area is 93.8 Å². The van der Waals surface area contributed by atoms with E-state index in [0.717, 1.165) is 0 Å². The summed E-state index contributed by atoms with van der Waals surface area (Å²) in [7, 11) is 0. The van der Waals surface area contributed by atoms with Crippen LogP contribution in [0.5, 0.6) is 0 Å². The molecule has 2 unspecified atom stereocenters. The number of rotatable bonds is 4. The molecule has 0 saturated carbocycles. The van der Waals surface area contributed by atoms with Crippen LogP contribution in [0.2, 0.25) is 0 Å². The van der Waals surface area contributed by atoms with Crippen LogP contribution in [0.4, 0.5) is 5.95 Å². The van der Waals surface area contributed by atoms with Gasteiger partial charge in [0.15, 0.2) is 0 Å². The largest absolute Gasteiger partial charge is 0.390 e. The van der Waals surface area contributed by atoms with Crippen molar-refractivity contribution in [1.82, 2.24) is 9.97 Å². The van der Waals surface area contributed by atoms with E-state index < -0.39 is 12.2 Å². The summed E-state index contributed by atoms with van der Waals surface area (Å²) < 4.78 is 0. The zero-order chi connectivity index (χ0) is 11.4. The summed E-state index contributed by atoms with van der Waals surface area (Å²) in [5.74, 6) is 0.666. The predicted octanol–water partition coefficient (Wildman–Crippen LogP) is 0.0814. The van der Waals surface area contributed by atoms with Gasteiger partial charge in [0.25, 0.3) is 0 Å². The van der Waals surface area contributed by atoms with Crippen LogP contribution in [0.25, 0.3) is 0 Å². The van der Waals surface area contributed by atoms with Crippen molar-refractivity contribution in [3.63, 3.8) is 0 Å². The van der Waals surface area contributed by atoms with E-state index >= 15 is 0 Å². The smallest absolute Gasteiger partial charge is 0.220 e. The van der Waals surface area contributed by atoms with E-state index in [1.54, 1.807) is 6.92 Å². The number of nitrogens with zero attached hydrogens (tertiary/aromatic N) is 2. The average Bonchev–Trinajstić information content (AvgIpc) is 2.17. The number of nitrogens with two attached hydrogens (primary N) is 1. The van der Waals surface area contributed by atoms with Gasteiger partial charge in [0, 0.05) is 17.5 Å². The first-order chi connectivity index (χ1) is 7.06. The van der Waals surface area contributed by atoms with Crippen molar-refractivity contribution in [3.05, 3.63) is 17.5 Å². The van der Waals surface area contributed by atoms with Crippen LogP contribution in [0.1, 0.15) is 23.8 Å². The van der Waals surface area contributed by atoms with E-state index in [4.69, 9.17) is 5.73 Å². The second-order valence-electron chi connectivity index (χ2n) is 3.29. The Balaban J connectivity index is 2.86. The molecule has 1 rings (SSSR count). The molecule has 0 spiro atoms. The Hall–Kier alpha value is -0.850. The van der Waals surface area contributed by atoms with Crippen LogP contribution in [0.15, 0.2) is 6.20 Å². The lowest BCUT2D eigenvalue weighted by molar-refractivity contribution is 0.0164. The first-order valence-electron chi connectivity index (χ1n) is 4.62. The highest BCUT2D eigenvalue weighted by atomic mass is 32.1. The van der Waals surface area contributed by atoms with Gasteiger partial charge < -0.3 is 15.9 Å². The maximum atomic E-state index is 9.79. The molecule has 15 heavy (non-hydrogen) atoms. The highest BCUT2D eigenvalue weighted by molar-refractivity contribution is 7.80. The van der Waals surface area contributed by atoms with Crippen LogP contribution < -0.4 is 5.73 Å². The second kappa shape index (κ2) is 5.29. The van der Waals surface area contributed by atoms with Gasteiger partial charge in [-0.15, -0.1) is 0 Å². The molecule has 6 heteroatoms. The molecule has 0 amide bonds. The average molecular weight is 229 g/mol. The number of hydrogen-bond donors (Lipinski definition) is 4. The zero-order valence-electron chi connectivity index (χ0n) is 8.46. The van der Waals surface area contributed by atoms with E-state index in [2.05, 4.69) is 22.6 Å². The molecule has 0 aliphatic carbocycles. The van der Waals surface area contributed by atoms with E-state index in [9.17, 15) is 10.2 Å². The first-order valence-corrected chi connectivity index (χ1v) is 5.25. The van der Waals surface area contributed by atoms with Crippen molar-refractivity contribution in [3.8, 4) is 0 Å². The van der Waals surface area contributed by atoms with Crippen LogP contribution in [-0.4, -0.2) is 32.0 Å². The normalized spacial score (nSPS) is 14.9. The fraction of sp³-hybridized carbons (Fsp3) is 0.556. The molecule has 1 heterocycles. The monoisotopic (exact) mass is 229 g/mol. The van der Waals surface area contributed by atoms with Gasteiger partial charge in [-0.05, 0) is 19.1 Å². The molecule has 0 fully saturated rings. The zero-order valence-corrected chi connectivity index (χ0v) is 9.35. The molecule has 0 aliphatic heterocycles. The Bertz CT molecular complexity index is 335. The van der Waals surface area contributed by atoms with Crippen molar-refractivity contribution in [2.75, 3.05) is 11.5 Å². The topological polar surface area (TPSA) is 92.3 Å². The van der Waals surface area contributed by atoms with Crippen molar-refractivity contribution in [2.24, 2.45) is 0 Å². The number of nitrogen functional groups attached to an aromatic ring is 1. The molecular formula is C9H15N3O2S. The molecule has 84 valence electrons. The van der Waals surface area contributed by atoms with Crippen molar-refractivity contribution < 1.29 is 10.2 Å². The van der Waals surface area contributed by atoms with Gasteiger partial charge in [-0.3, -0.25) is 0 Å². The van der Waals surface area contributed by atoms with Crippen LogP contribution >= 0.6 is 12.6 Å². The third kappa shape index (κ3) is 3.05. The Morgan fingerprint density at radius 3 is 2.73 bits per heavy atom. The molecule has 1 aromatic rings. The third-order valence-corrected chi connectivity index (χ3v) is 2.40. The van der Waals surface area contributed by atoms with Gasteiger partial charge in [-0.25, -0.2) is 9.97 Å². The number of thiol groups is 1. The van der Waals surface area contributed by atoms with Gasteiger partial charge >= 0.3 is 0 Å². The molecule has 0 radical (unpaired) electrons. The molecule has 0 saturated heterocycles. The molecule has 4 N–H and O–H groups in total. The molecule has 0 bridgehead atoms. The van der Waals surface area contributed by atoms with Crippen LogP contribution in [-0.2, 0) is 0 Å². The molecular weight excluding hydrogens is 214 g/mol. The van der Waals surface area contributed by atoms with Crippen LogP contribution in [0.3, 0.4) is 0 Å². The number of hydrogen-bond acceptors (Lipinski definition) is 6. The highest BCUT2D eigenvalue weighted by Gasteiger charge is 2.20. The summed E-state index contributed by atoms with van der Waals surface area (Å²) >= 11 is 3.99. The number of aromatic nitrogens is 2. The van der Waals surface area contributed by atoms with Gasteiger partial charge in [-0.1, -0.05) is 0 Å². The Morgan fingerprint density at radius 1 is 1.53 bits per heavy atom. The number of aryl methyl sites for hydroxylation is 1. The lowest BCUT2D eigenvalue weighted by atomic mass is 10.0. The minimum Gasteiger partial charge on any atom is -0.390 e. The summed E-state index contributed by atoms with van der Waals surface area (Å²) in [6, 6.07) is 0. The van der Waals surface area contributed by atoms with Gasteiger partial charge in [-0.2, -0.15) is 12.6 Å². The lowest BCUT2D eigenvalue weighted by Crippen LogP contribution is -2.20. The fourth-order valence-corrected chi connectivity index (χ4v) is 1.55. The Morgan fingerprint density at radius 2 is 2.20 bits per heavy atom. The molecule has 0 aromatic carbocycles. The van der Waals surface area contributed by atoms with Gasteiger partial charge in [0.1, 0.15) is 6.10 Å². The van der Waals surface area contributed by atoms with Gasteiger partial charge in [0.05, 0.1) is 6.10 Å². The summed E-state index contributed by atoms with van der Waals surface area (Å²) in [4.78, 5) is 7.69. The lowest BCUT2D eigenvalue weighted by Gasteiger charge is -2.18. The third-order valence-electron chi connectivity index (χ3n) is 2.14. The standard InChI is InChI=1S/C9H15N3O2S/c1-5-6(4-11-9(10)12-5)8(14)7(13)2-3-15/h4,7-8,13-15H,2-3H2,1H3,(H2,10,11,12). The maximum Gasteiger partial charge on any atom is 0.220 e. The summed E-state index contributed by atoms with van der Waals surface area (Å²) in [5.41, 5.74) is 6.46. The molecule has 1 aromatic heterocycles. The van der Waals surface area contributed by atoms with Gasteiger partial charge in [0.2, 0.25) is 5.95 Å². The minimum atomic E-state index is -0.988. The van der Waals surface area contributed by atoms with Crippen molar-refractivity contribution in [2.45, 2.75) is 25.6 Å². The minimum absolute atomic E-state index is 0.159. The molecule has 5 nitrogen and oxygen atoms in total. The molecule has 2 atom stereocenters. The maximum absolute atomic E-state index is 9.79. The highest BCUT2D eigenvalue weighted by Crippen LogP contribution is 2.21. The van der Waals surface area contributed by atoms with E-state index in [0.29, 0.717) is 23.4 Å². The number of aliphatic hydroxyl groups excluding tert-OH is 2. The fourth-order valence-electron chi connectivity index (χ4n) is 1.28. The van der Waals surface area contributed by atoms with Crippen molar-refractivity contribution >= 4 is 18.6 Å². The quantitative estimate of drug-likeness (QED) is 0.549. The summed E-state index contributed by atoms with van der Waals surface area (Å²) in [6.07, 6.45) is 0.00390. The van der Waals surface area contributed by atoms with Crippen molar-refractivity contribution in [1.29, 1.82) is 0 Å². The molecule has 0 aliphatic rings. The first kappa shape index (κ1) is 12.2. The van der Waals surface area contributed by atoms with E-state index in [1.165, 1.54) is 6.20 Å². The van der Waals surface area contributed by atoms with E-state index in [1.807, 2.05) is 0 Å². The summed E-state index contributed by atoms with van der Waals surface area (Å²) in [5, 5.41) is 19.4. The summed E-state index contributed by atoms with van der Waals surface area (Å²) in [6.45, 7) is 1.71. The second-order valence-corrected chi connectivity index (χ2v) is 3.74. The number of aliphatic hydroxyl groups is 2. The Kier molecular flexibility index (Phi) is 4.31. The SMILES string of the molecule is Cc1nc(N)ncc1C(O)C(O)CCS. The van der Waals surface area contributed by atoms with Crippen LogP contribution in [0, 0.1) is 6.92 Å². The number of anilines is 1. The predicted molar refractivity (Wildman–Crippen MR) is 60.6 cm³/mol.